The van der Waals surface area contributed by atoms with Crippen molar-refractivity contribution in [1.29, 1.82) is 0 Å². The van der Waals surface area contributed by atoms with Crippen LogP contribution in [0.2, 0.25) is 10.0 Å². The highest BCUT2D eigenvalue weighted by molar-refractivity contribution is 6.30. The molecule has 0 spiro atoms. The number of alkyl halides is 3. The van der Waals surface area contributed by atoms with E-state index < -0.39 is 18.1 Å². The first-order valence-electron chi connectivity index (χ1n) is 13.5. The Balaban J connectivity index is 1.59. The van der Waals surface area contributed by atoms with Gasteiger partial charge < -0.3 is 9.30 Å². The van der Waals surface area contributed by atoms with Crippen molar-refractivity contribution in [3.8, 4) is 5.75 Å². The standard InChI is InChI=1S/C33H25Cl2F3N2O2/c1-2-29-39-31-27(40(29)26-15-21-5-3-4-6-22(21)16-26)17-23(18-28(31)42-32(41)33(36,37)38)30(19-7-11-24(34)12-8-19)20-9-13-25(35)14-10-20/h3-14,17-18,26,30H,2,15-16H2,1H3. The van der Waals surface area contributed by atoms with E-state index in [4.69, 9.17) is 32.9 Å². The van der Waals surface area contributed by atoms with Crippen molar-refractivity contribution in [2.75, 3.05) is 0 Å². The van der Waals surface area contributed by atoms with Gasteiger partial charge in [-0.2, -0.15) is 13.2 Å². The van der Waals surface area contributed by atoms with Gasteiger partial charge >= 0.3 is 12.1 Å². The minimum absolute atomic E-state index is 0.00767. The number of imidazole rings is 1. The average molecular weight is 609 g/mol. The monoisotopic (exact) mass is 608 g/mol. The Labute approximate surface area is 250 Å². The van der Waals surface area contributed by atoms with Gasteiger partial charge in [0, 0.05) is 28.4 Å². The first kappa shape index (κ1) is 28.3. The number of nitrogens with zero attached hydrogens (tertiary/aromatic N) is 2. The second-order valence-corrected chi connectivity index (χ2v) is 11.3. The van der Waals surface area contributed by atoms with Crippen LogP contribution in [0.1, 0.15) is 52.5 Å². The molecule has 0 saturated heterocycles. The maximum absolute atomic E-state index is 13.4. The molecular formula is C33H25Cl2F3N2O2. The Morgan fingerprint density at radius 3 is 1.95 bits per heavy atom. The molecule has 4 nitrogen and oxygen atoms in total. The number of carbonyl (C=O) groups is 1. The first-order valence-corrected chi connectivity index (χ1v) is 14.3. The third kappa shape index (κ3) is 5.39. The van der Waals surface area contributed by atoms with Gasteiger partial charge in [-0.3, -0.25) is 0 Å². The summed E-state index contributed by atoms with van der Waals surface area (Å²) in [5, 5.41) is 1.10. The van der Waals surface area contributed by atoms with Gasteiger partial charge in [-0.1, -0.05) is 78.7 Å². The fourth-order valence-corrected chi connectivity index (χ4v) is 6.15. The number of aryl methyl sites for hydroxylation is 1. The number of esters is 1. The summed E-state index contributed by atoms with van der Waals surface area (Å²) >= 11 is 12.4. The normalized spacial score (nSPS) is 13.6. The summed E-state index contributed by atoms with van der Waals surface area (Å²) in [6.45, 7) is 1.95. The van der Waals surface area contributed by atoms with Crippen LogP contribution in [-0.4, -0.2) is 21.7 Å². The zero-order valence-electron chi connectivity index (χ0n) is 22.5. The predicted molar refractivity (Wildman–Crippen MR) is 158 cm³/mol. The van der Waals surface area contributed by atoms with Gasteiger partial charge in [0.15, 0.2) is 5.75 Å². The smallest absolute Gasteiger partial charge is 0.417 e. The second-order valence-electron chi connectivity index (χ2n) is 10.4. The number of hydrogen-bond donors (Lipinski definition) is 0. The van der Waals surface area contributed by atoms with Crippen molar-refractivity contribution in [2.24, 2.45) is 0 Å². The van der Waals surface area contributed by atoms with E-state index in [2.05, 4.69) is 16.7 Å². The summed E-state index contributed by atoms with van der Waals surface area (Å²) in [5.41, 5.74) is 5.62. The number of fused-ring (bicyclic) bond motifs is 2. The van der Waals surface area contributed by atoms with Crippen molar-refractivity contribution in [1.82, 2.24) is 9.55 Å². The van der Waals surface area contributed by atoms with Crippen molar-refractivity contribution in [3.63, 3.8) is 0 Å². The minimum atomic E-state index is -5.17. The SMILES string of the molecule is CCc1nc2c(OC(=O)C(F)(F)F)cc(C(c3ccc(Cl)cc3)c3ccc(Cl)cc3)cc2n1C1Cc2ccccc2C1. The van der Waals surface area contributed by atoms with E-state index in [1.165, 1.54) is 17.2 Å². The van der Waals surface area contributed by atoms with Gasteiger partial charge in [0.25, 0.3) is 0 Å². The van der Waals surface area contributed by atoms with Crippen LogP contribution in [0.4, 0.5) is 13.2 Å². The highest BCUT2D eigenvalue weighted by Gasteiger charge is 2.42. The first-order chi connectivity index (χ1) is 20.1. The number of halogens is 5. The fourth-order valence-electron chi connectivity index (χ4n) is 5.90. The molecule has 1 aliphatic rings. The van der Waals surface area contributed by atoms with Gasteiger partial charge in [0.05, 0.1) is 5.52 Å². The third-order valence-electron chi connectivity index (χ3n) is 7.74. The number of rotatable bonds is 6. The molecule has 0 fully saturated rings. The van der Waals surface area contributed by atoms with Crippen LogP contribution in [0.3, 0.4) is 0 Å². The zero-order chi connectivity index (χ0) is 29.6. The van der Waals surface area contributed by atoms with Gasteiger partial charge in [0.2, 0.25) is 0 Å². The Hall–Kier alpha value is -3.81. The number of carbonyl (C=O) groups excluding carboxylic acids is 1. The molecule has 42 heavy (non-hydrogen) atoms. The third-order valence-corrected chi connectivity index (χ3v) is 8.24. The second kappa shape index (κ2) is 11.1. The molecule has 1 heterocycles. The van der Waals surface area contributed by atoms with Crippen molar-refractivity contribution >= 4 is 40.2 Å². The van der Waals surface area contributed by atoms with E-state index in [1.54, 1.807) is 24.3 Å². The molecule has 0 aliphatic heterocycles. The maximum Gasteiger partial charge on any atom is 0.491 e. The molecule has 214 valence electrons. The molecular weight excluding hydrogens is 584 g/mol. The predicted octanol–water partition coefficient (Wildman–Crippen LogP) is 8.89. The van der Waals surface area contributed by atoms with Crippen molar-refractivity contribution < 1.29 is 22.7 Å². The molecule has 0 bridgehead atoms. The molecule has 0 atom stereocenters. The van der Waals surface area contributed by atoms with Crippen LogP contribution in [0.25, 0.3) is 11.0 Å². The molecule has 1 aromatic heterocycles. The lowest BCUT2D eigenvalue weighted by atomic mass is 9.85. The van der Waals surface area contributed by atoms with Crippen LogP contribution in [0.15, 0.2) is 84.9 Å². The number of aromatic nitrogens is 2. The van der Waals surface area contributed by atoms with Crippen molar-refractivity contribution in [3.05, 3.63) is 129 Å². The highest BCUT2D eigenvalue weighted by Crippen LogP contribution is 2.41. The van der Waals surface area contributed by atoms with Crippen LogP contribution in [-0.2, 0) is 24.1 Å². The van der Waals surface area contributed by atoms with Crippen LogP contribution < -0.4 is 4.74 Å². The molecule has 0 radical (unpaired) electrons. The van der Waals surface area contributed by atoms with E-state index in [1.807, 2.05) is 49.4 Å². The van der Waals surface area contributed by atoms with Crippen molar-refractivity contribution in [2.45, 2.75) is 44.3 Å². The lowest BCUT2D eigenvalue weighted by molar-refractivity contribution is -0.189. The topological polar surface area (TPSA) is 44.1 Å². The Morgan fingerprint density at radius 2 is 1.45 bits per heavy atom. The largest absolute Gasteiger partial charge is 0.491 e. The molecule has 4 aromatic carbocycles. The lowest BCUT2D eigenvalue weighted by Gasteiger charge is -2.22. The molecule has 0 saturated carbocycles. The maximum atomic E-state index is 13.4. The summed E-state index contributed by atoms with van der Waals surface area (Å²) in [4.78, 5) is 16.9. The molecule has 1 aliphatic carbocycles. The van der Waals surface area contributed by atoms with E-state index >= 15 is 0 Å². The summed E-state index contributed by atoms with van der Waals surface area (Å²) in [7, 11) is 0. The lowest BCUT2D eigenvalue weighted by Crippen LogP contribution is -2.28. The molecule has 0 unspecified atom stereocenters. The van der Waals surface area contributed by atoms with E-state index in [9.17, 15) is 18.0 Å². The summed E-state index contributed by atoms with van der Waals surface area (Å²) in [5.74, 6) is -2.25. The zero-order valence-corrected chi connectivity index (χ0v) is 24.0. The molecule has 6 rings (SSSR count). The van der Waals surface area contributed by atoms with E-state index in [0.717, 1.165) is 24.0 Å². The Kier molecular flexibility index (Phi) is 7.50. The molecule has 0 amide bonds. The molecule has 5 aromatic rings. The minimum Gasteiger partial charge on any atom is -0.417 e. The van der Waals surface area contributed by atoms with Crippen LogP contribution in [0.5, 0.6) is 5.75 Å². The summed E-state index contributed by atoms with van der Waals surface area (Å²) < 4.78 is 47.4. The molecule has 9 heteroatoms. The van der Waals surface area contributed by atoms with Gasteiger partial charge in [-0.25, -0.2) is 9.78 Å². The number of hydrogen-bond acceptors (Lipinski definition) is 3. The summed E-state index contributed by atoms with van der Waals surface area (Å²) in [6.07, 6.45) is -3.11. The fraction of sp³-hybridized carbons (Fsp3) is 0.212. The van der Waals surface area contributed by atoms with Gasteiger partial charge in [-0.15, -0.1) is 0 Å². The van der Waals surface area contributed by atoms with E-state index in [-0.39, 0.29) is 17.3 Å². The quantitative estimate of drug-likeness (QED) is 0.110. The van der Waals surface area contributed by atoms with Crippen LogP contribution >= 0.6 is 23.2 Å². The Bertz CT molecular complexity index is 1710. The molecule has 0 N–H and O–H groups in total. The van der Waals surface area contributed by atoms with Gasteiger partial charge in [-0.05, 0) is 77.1 Å². The summed E-state index contributed by atoms with van der Waals surface area (Å²) in [6, 6.07) is 26.2. The number of benzene rings is 4. The van der Waals surface area contributed by atoms with E-state index in [0.29, 0.717) is 33.4 Å². The average Bonchev–Trinajstić information content (AvgIpc) is 3.56. The highest BCUT2D eigenvalue weighted by atomic mass is 35.5. The number of ether oxygens (including phenoxy) is 1. The Morgan fingerprint density at radius 1 is 0.905 bits per heavy atom. The van der Waals surface area contributed by atoms with Crippen LogP contribution in [0, 0.1) is 0 Å². The van der Waals surface area contributed by atoms with Gasteiger partial charge in [0.1, 0.15) is 11.3 Å².